The minimum absolute atomic E-state index is 0.0499. The second kappa shape index (κ2) is 6.25. The quantitative estimate of drug-likeness (QED) is 0.754. The molecule has 1 heterocycles. The van der Waals surface area contributed by atoms with Crippen molar-refractivity contribution in [2.45, 2.75) is 32.7 Å². The lowest BCUT2D eigenvalue weighted by molar-refractivity contribution is -0.146. The Labute approximate surface area is 123 Å². The minimum Gasteiger partial charge on any atom is -0.479 e. The summed E-state index contributed by atoms with van der Waals surface area (Å²) in [7, 11) is -3.42. The van der Waals surface area contributed by atoms with Crippen molar-refractivity contribution >= 4 is 27.4 Å². The first kappa shape index (κ1) is 17.2. The summed E-state index contributed by atoms with van der Waals surface area (Å²) in [6.45, 7) is 4.63. The van der Waals surface area contributed by atoms with Crippen LogP contribution in [0.3, 0.4) is 0 Å². The van der Waals surface area contributed by atoms with E-state index >= 15 is 0 Å². The van der Waals surface area contributed by atoms with E-state index in [0.717, 1.165) is 0 Å². The number of amides is 1. The van der Waals surface area contributed by atoms with E-state index in [9.17, 15) is 18.0 Å². The summed E-state index contributed by atoms with van der Waals surface area (Å²) in [5.41, 5.74) is -1.02. The van der Waals surface area contributed by atoms with E-state index in [2.05, 4.69) is 10.4 Å². The smallest absolute Gasteiger partial charge is 0.331 e. The molecule has 1 aromatic heterocycles. The second-order valence-corrected chi connectivity index (χ2v) is 7.36. The molecular weight excluding hydrogens is 298 g/mol. The molecule has 0 aliphatic heterocycles. The van der Waals surface area contributed by atoms with Crippen molar-refractivity contribution in [2.75, 3.05) is 16.8 Å². The van der Waals surface area contributed by atoms with Crippen LogP contribution in [0.5, 0.6) is 0 Å². The van der Waals surface area contributed by atoms with E-state index < -0.39 is 33.0 Å². The monoisotopic (exact) mass is 317 g/mol. The number of aliphatic carboxylic acids is 1. The molecule has 0 radical (unpaired) electrons. The maximum Gasteiger partial charge on any atom is 0.331 e. The van der Waals surface area contributed by atoms with E-state index in [-0.39, 0.29) is 11.4 Å². The molecule has 0 atom stereocenters. The van der Waals surface area contributed by atoms with Gasteiger partial charge in [-0.15, -0.1) is 0 Å². The van der Waals surface area contributed by atoms with Gasteiger partial charge in [0, 0.05) is 6.20 Å². The van der Waals surface area contributed by atoms with Crippen molar-refractivity contribution in [1.29, 1.82) is 0 Å². The van der Waals surface area contributed by atoms with Gasteiger partial charge in [-0.05, 0) is 20.3 Å². The third-order valence-corrected chi connectivity index (χ3v) is 4.56. The van der Waals surface area contributed by atoms with Crippen LogP contribution >= 0.6 is 0 Å². The van der Waals surface area contributed by atoms with Gasteiger partial charge in [-0.3, -0.25) is 9.48 Å². The van der Waals surface area contributed by atoms with Gasteiger partial charge in [0.1, 0.15) is 5.75 Å². The Morgan fingerprint density at radius 3 is 2.57 bits per heavy atom. The molecule has 0 aromatic carbocycles. The number of carbonyl (C=O) groups excluding carboxylic acids is 1. The van der Waals surface area contributed by atoms with E-state index in [1.54, 1.807) is 6.92 Å². The van der Waals surface area contributed by atoms with Gasteiger partial charge in [0.05, 0.1) is 17.6 Å². The van der Waals surface area contributed by atoms with Crippen molar-refractivity contribution in [3.05, 3.63) is 12.4 Å². The Balaban J connectivity index is 2.76. The molecule has 8 nitrogen and oxygen atoms in total. The van der Waals surface area contributed by atoms with Crippen LogP contribution in [0, 0.1) is 0 Å². The topological polar surface area (TPSA) is 118 Å². The summed E-state index contributed by atoms with van der Waals surface area (Å²) in [5, 5.41) is 15.3. The summed E-state index contributed by atoms with van der Waals surface area (Å²) >= 11 is 0. The molecule has 0 saturated heterocycles. The number of aromatic nitrogens is 2. The fourth-order valence-corrected chi connectivity index (χ4v) is 2.81. The molecule has 0 aliphatic rings. The van der Waals surface area contributed by atoms with Crippen LogP contribution in [0.15, 0.2) is 12.4 Å². The Hall–Kier alpha value is -1.90. The summed E-state index contributed by atoms with van der Waals surface area (Å²) in [6, 6.07) is 0. The Kier molecular flexibility index (Phi) is 5.10. The molecule has 118 valence electrons. The van der Waals surface area contributed by atoms with Crippen LogP contribution in [0.2, 0.25) is 0 Å². The number of anilines is 1. The van der Waals surface area contributed by atoms with E-state index in [0.29, 0.717) is 6.42 Å². The van der Waals surface area contributed by atoms with Gasteiger partial charge in [-0.2, -0.15) is 5.10 Å². The predicted molar refractivity (Wildman–Crippen MR) is 76.8 cm³/mol. The van der Waals surface area contributed by atoms with E-state index in [1.807, 2.05) is 0 Å². The lowest BCUT2D eigenvalue weighted by Crippen LogP contribution is -2.36. The molecule has 0 unspecified atom stereocenters. The van der Waals surface area contributed by atoms with Crippen molar-refractivity contribution < 1.29 is 23.1 Å². The number of hydrogen-bond acceptors (Lipinski definition) is 5. The fraction of sp³-hybridized carbons (Fsp3) is 0.583. The van der Waals surface area contributed by atoms with Gasteiger partial charge in [-0.25, -0.2) is 13.2 Å². The zero-order chi connectivity index (χ0) is 16.3. The first-order valence-corrected chi connectivity index (χ1v) is 8.19. The fourth-order valence-electron chi connectivity index (χ4n) is 1.57. The van der Waals surface area contributed by atoms with Crippen LogP contribution in [-0.4, -0.2) is 46.7 Å². The van der Waals surface area contributed by atoms with Gasteiger partial charge < -0.3 is 10.4 Å². The maximum atomic E-state index is 11.7. The molecule has 21 heavy (non-hydrogen) atoms. The molecular formula is C12H19N3O5S. The molecule has 2 N–H and O–H groups in total. The van der Waals surface area contributed by atoms with Crippen LogP contribution < -0.4 is 5.32 Å². The average molecular weight is 317 g/mol. The first-order valence-electron chi connectivity index (χ1n) is 6.37. The van der Waals surface area contributed by atoms with Crippen LogP contribution in [0.25, 0.3) is 0 Å². The highest BCUT2D eigenvalue weighted by molar-refractivity contribution is 7.92. The summed E-state index contributed by atoms with van der Waals surface area (Å²) < 4.78 is 24.2. The molecule has 1 aromatic rings. The highest BCUT2D eigenvalue weighted by Crippen LogP contribution is 2.17. The maximum absolute atomic E-state index is 11.7. The van der Waals surface area contributed by atoms with Gasteiger partial charge in [0.25, 0.3) is 0 Å². The molecule has 0 fully saturated rings. The first-order chi connectivity index (χ1) is 9.58. The molecule has 0 aliphatic carbocycles. The molecule has 0 bridgehead atoms. The number of carbonyl (C=O) groups is 2. The Bertz CT molecular complexity index is 633. The number of nitrogens with one attached hydrogen (secondary N) is 1. The molecule has 1 amide bonds. The lowest BCUT2D eigenvalue weighted by atomic mass is 10.1. The second-order valence-electron chi connectivity index (χ2n) is 5.18. The SMILES string of the molecule is CCCS(=O)(=O)CC(=O)Nc1cnn(C(C)(C)C(=O)O)c1. The third-order valence-electron chi connectivity index (χ3n) is 2.83. The van der Waals surface area contributed by atoms with Crippen molar-refractivity contribution in [3.8, 4) is 0 Å². The standard InChI is InChI=1S/C12H19N3O5S/c1-4-5-21(19,20)8-10(16)14-9-6-13-15(7-9)12(2,3)11(17)18/h6-7H,4-5,8H2,1-3H3,(H,14,16)(H,17,18). The largest absolute Gasteiger partial charge is 0.479 e. The van der Waals surface area contributed by atoms with Gasteiger partial charge in [0.15, 0.2) is 15.4 Å². The highest BCUT2D eigenvalue weighted by Gasteiger charge is 2.30. The van der Waals surface area contributed by atoms with Crippen LogP contribution in [0.1, 0.15) is 27.2 Å². The van der Waals surface area contributed by atoms with Gasteiger partial charge in [-0.1, -0.05) is 6.92 Å². The predicted octanol–water partition coefficient (Wildman–Crippen LogP) is 0.466. The molecule has 0 spiro atoms. The number of rotatable bonds is 7. The summed E-state index contributed by atoms with van der Waals surface area (Å²) in [4.78, 5) is 22.7. The van der Waals surface area contributed by atoms with Gasteiger partial charge >= 0.3 is 5.97 Å². The summed E-state index contributed by atoms with van der Waals surface area (Å²) in [6.07, 6.45) is 3.06. The average Bonchev–Trinajstić information content (AvgIpc) is 2.76. The van der Waals surface area contributed by atoms with Crippen molar-refractivity contribution in [1.82, 2.24) is 9.78 Å². The Morgan fingerprint density at radius 1 is 1.43 bits per heavy atom. The number of carboxylic acids is 1. The number of carboxylic acid groups (broad SMARTS) is 1. The zero-order valence-electron chi connectivity index (χ0n) is 12.2. The number of nitrogens with zero attached hydrogens (tertiary/aromatic N) is 2. The highest BCUT2D eigenvalue weighted by atomic mass is 32.2. The molecule has 1 rings (SSSR count). The Morgan fingerprint density at radius 2 is 2.05 bits per heavy atom. The van der Waals surface area contributed by atoms with Crippen LogP contribution in [-0.2, 0) is 25.0 Å². The lowest BCUT2D eigenvalue weighted by Gasteiger charge is -2.19. The number of hydrogen-bond donors (Lipinski definition) is 2. The normalized spacial score (nSPS) is 12.1. The zero-order valence-corrected chi connectivity index (χ0v) is 13.0. The van der Waals surface area contributed by atoms with E-state index in [1.165, 1.54) is 30.9 Å². The minimum atomic E-state index is -3.42. The van der Waals surface area contributed by atoms with Gasteiger partial charge in [0.2, 0.25) is 5.91 Å². The molecule has 0 saturated carbocycles. The third kappa shape index (κ3) is 4.55. The van der Waals surface area contributed by atoms with Crippen molar-refractivity contribution in [3.63, 3.8) is 0 Å². The molecule has 9 heteroatoms. The van der Waals surface area contributed by atoms with E-state index in [4.69, 9.17) is 5.11 Å². The van der Waals surface area contributed by atoms with Crippen molar-refractivity contribution in [2.24, 2.45) is 0 Å². The number of sulfone groups is 1. The van der Waals surface area contributed by atoms with Crippen LogP contribution in [0.4, 0.5) is 5.69 Å². The summed E-state index contributed by atoms with van der Waals surface area (Å²) in [5.74, 6) is -2.40.